The molecule has 4 nitrogen and oxygen atoms in total. The number of unbranched alkanes of at least 4 members (excludes halogenated alkanes) is 36. The zero-order chi connectivity index (χ0) is 54.1. The van der Waals surface area contributed by atoms with E-state index in [-0.39, 0.29) is 12.5 Å². The second-order valence-electron chi connectivity index (χ2n) is 21.8. The molecule has 0 heterocycles. The Morgan fingerprint density at radius 2 is 0.600 bits per heavy atom. The summed E-state index contributed by atoms with van der Waals surface area (Å²) < 4.78 is 0. The van der Waals surface area contributed by atoms with Crippen LogP contribution in [0.3, 0.4) is 0 Å². The lowest BCUT2D eigenvalue weighted by molar-refractivity contribution is -0.123. The largest absolute Gasteiger partial charge is 0.394 e. The monoisotopic (exact) mass is 1040 g/mol. The first-order valence-electron chi connectivity index (χ1n) is 32.6. The Labute approximate surface area is 467 Å². The second kappa shape index (κ2) is 65.3. The topological polar surface area (TPSA) is 69.6 Å². The predicted molar refractivity (Wildman–Crippen MR) is 336 cm³/mol. The molecule has 0 saturated heterocycles. The maximum atomic E-state index is 12.5. The van der Waals surface area contributed by atoms with E-state index in [0.717, 1.165) is 83.5 Å². The molecule has 3 N–H and O–H groups in total. The first kappa shape index (κ1) is 72.0. The van der Waals surface area contributed by atoms with Crippen molar-refractivity contribution in [2.24, 2.45) is 0 Å². The highest BCUT2D eigenvalue weighted by molar-refractivity contribution is 5.76. The fourth-order valence-corrected chi connectivity index (χ4v) is 9.59. The van der Waals surface area contributed by atoms with E-state index in [2.05, 4.69) is 116 Å². The van der Waals surface area contributed by atoms with Crippen LogP contribution in [0.4, 0.5) is 0 Å². The van der Waals surface area contributed by atoms with Crippen molar-refractivity contribution in [3.63, 3.8) is 0 Å². The lowest BCUT2D eigenvalue weighted by Gasteiger charge is -2.19. The number of allylic oxidation sites excluding steroid dienone is 17. The molecule has 0 aliphatic carbocycles. The summed E-state index contributed by atoms with van der Waals surface area (Å²) in [6.45, 7) is 4.20. The van der Waals surface area contributed by atoms with Gasteiger partial charge in [0.2, 0.25) is 5.91 Å². The van der Waals surface area contributed by atoms with Gasteiger partial charge in [-0.05, 0) is 89.9 Å². The van der Waals surface area contributed by atoms with E-state index >= 15 is 0 Å². The van der Waals surface area contributed by atoms with E-state index in [1.54, 1.807) is 6.08 Å². The van der Waals surface area contributed by atoms with Gasteiger partial charge in [-0.2, -0.15) is 0 Å². The van der Waals surface area contributed by atoms with E-state index < -0.39 is 12.1 Å². The second-order valence-corrected chi connectivity index (χ2v) is 21.8. The van der Waals surface area contributed by atoms with Crippen molar-refractivity contribution in [1.29, 1.82) is 0 Å². The summed E-state index contributed by atoms with van der Waals surface area (Å²) in [6.07, 6.45) is 98.6. The summed E-state index contributed by atoms with van der Waals surface area (Å²) in [5.41, 5.74) is 0. The number of amides is 1. The molecule has 432 valence electrons. The van der Waals surface area contributed by atoms with Crippen molar-refractivity contribution in [2.75, 3.05) is 6.61 Å². The standard InChI is InChI=1S/C71H125NO3/c1-3-5-7-9-11-13-15-17-19-21-23-25-27-29-31-33-35-37-38-40-42-44-46-48-50-52-54-56-58-60-62-64-66-70(74)69(68-73)72-71(75)67-65-63-61-59-57-55-53-51-49-47-45-43-41-39-36-34-32-30-28-26-24-22-20-18-16-14-12-10-8-6-4-2/h6,8,12,14,18,20,24,26,30,32,36,39,43,45,56,58,64,66,69-70,73-74H,3-5,7,9-11,13,15-17,19,21-23,25,27-29,31,33-35,37-38,40-42,44,46-55,57,59-63,65,67-68H2,1-2H3,(H,72,75)/b8-6-,14-12-,20-18-,26-24-,32-30-,39-36-,45-43-,58-56+,66-64+. The van der Waals surface area contributed by atoms with Gasteiger partial charge in [0.25, 0.3) is 0 Å². The molecule has 0 aliphatic rings. The molecule has 0 bridgehead atoms. The molecular weight excluding hydrogens is 915 g/mol. The van der Waals surface area contributed by atoms with Crippen LogP contribution in [0, 0.1) is 0 Å². The molecule has 0 fully saturated rings. The highest BCUT2D eigenvalue weighted by Gasteiger charge is 2.18. The minimum atomic E-state index is -0.874. The van der Waals surface area contributed by atoms with E-state index in [9.17, 15) is 15.0 Å². The van der Waals surface area contributed by atoms with E-state index in [0.29, 0.717) is 6.42 Å². The van der Waals surface area contributed by atoms with Crippen LogP contribution in [0.5, 0.6) is 0 Å². The predicted octanol–water partition coefficient (Wildman–Crippen LogP) is 22.2. The minimum Gasteiger partial charge on any atom is -0.394 e. The Morgan fingerprint density at radius 3 is 0.933 bits per heavy atom. The van der Waals surface area contributed by atoms with Crippen molar-refractivity contribution in [1.82, 2.24) is 5.32 Å². The minimum absolute atomic E-state index is 0.0816. The lowest BCUT2D eigenvalue weighted by atomic mass is 10.0. The van der Waals surface area contributed by atoms with Crippen LogP contribution in [0.15, 0.2) is 109 Å². The van der Waals surface area contributed by atoms with Gasteiger partial charge in [0, 0.05) is 6.42 Å². The summed E-state index contributed by atoms with van der Waals surface area (Å²) in [5.74, 6) is -0.0816. The first-order valence-corrected chi connectivity index (χ1v) is 32.6. The third-order valence-electron chi connectivity index (χ3n) is 14.5. The number of hydrogen-bond acceptors (Lipinski definition) is 3. The number of carbonyl (C=O) groups is 1. The van der Waals surface area contributed by atoms with E-state index in [1.807, 2.05) is 6.08 Å². The molecule has 0 aromatic carbocycles. The van der Waals surface area contributed by atoms with Gasteiger partial charge in [0.15, 0.2) is 0 Å². The number of hydrogen-bond donors (Lipinski definition) is 3. The van der Waals surface area contributed by atoms with Crippen LogP contribution in [-0.4, -0.2) is 34.9 Å². The van der Waals surface area contributed by atoms with Gasteiger partial charge < -0.3 is 15.5 Å². The quantitative estimate of drug-likeness (QED) is 0.0420. The van der Waals surface area contributed by atoms with Crippen LogP contribution in [-0.2, 0) is 4.79 Å². The van der Waals surface area contributed by atoms with Gasteiger partial charge in [-0.3, -0.25) is 4.79 Å². The molecule has 2 atom stereocenters. The Kier molecular flexibility index (Phi) is 62.8. The zero-order valence-corrected chi connectivity index (χ0v) is 49.8. The third-order valence-corrected chi connectivity index (χ3v) is 14.5. The molecule has 0 aromatic rings. The first-order chi connectivity index (χ1) is 37.2. The third kappa shape index (κ3) is 61.8. The molecule has 0 saturated carbocycles. The zero-order valence-electron chi connectivity index (χ0n) is 49.8. The highest BCUT2D eigenvalue weighted by Crippen LogP contribution is 2.17. The van der Waals surface area contributed by atoms with Crippen LogP contribution >= 0.6 is 0 Å². The van der Waals surface area contributed by atoms with Gasteiger partial charge in [0.1, 0.15) is 0 Å². The molecular formula is C71H125NO3. The average Bonchev–Trinajstić information content (AvgIpc) is 3.41. The molecule has 0 radical (unpaired) electrons. The smallest absolute Gasteiger partial charge is 0.220 e. The Hall–Kier alpha value is -2.95. The Morgan fingerprint density at radius 1 is 0.333 bits per heavy atom. The van der Waals surface area contributed by atoms with Crippen molar-refractivity contribution in [3.8, 4) is 0 Å². The molecule has 0 aromatic heterocycles. The van der Waals surface area contributed by atoms with Crippen molar-refractivity contribution in [2.45, 2.75) is 328 Å². The summed E-state index contributed by atoms with van der Waals surface area (Å²) in [5, 5.41) is 23.2. The highest BCUT2D eigenvalue weighted by atomic mass is 16.3. The van der Waals surface area contributed by atoms with Gasteiger partial charge in [-0.25, -0.2) is 0 Å². The number of rotatable bonds is 59. The number of aliphatic hydroxyl groups is 2. The fraction of sp³-hybridized carbons (Fsp3) is 0.732. The number of carbonyl (C=O) groups excluding carboxylic acids is 1. The molecule has 0 aliphatic heterocycles. The van der Waals surface area contributed by atoms with Crippen LogP contribution < -0.4 is 5.32 Å². The lowest BCUT2D eigenvalue weighted by Crippen LogP contribution is -2.45. The average molecular weight is 1040 g/mol. The van der Waals surface area contributed by atoms with E-state index in [1.165, 1.54) is 212 Å². The maximum absolute atomic E-state index is 12.5. The van der Waals surface area contributed by atoms with Crippen LogP contribution in [0.1, 0.15) is 316 Å². The van der Waals surface area contributed by atoms with Crippen LogP contribution in [0.2, 0.25) is 0 Å². The number of aliphatic hydroxyl groups excluding tert-OH is 2. The van der Waals surface area contributed by atoms with Gasteiger partial charge in [-0.1, -0.05) is 329 Å². The Balaban J connectivity index is 3.56. The summed E-state index contributed by atoms with van der Waals surface area (Å²) in [6, 6.07) is -0.652. The SMILES string of the molecule is CC/C=C\C/C=C\C/C=C\C/C=C\C/C=C\C/C=C\C/C=C\CCCCCCCCCCCC(=O)NC(CO)C(O)/C=C/CC/C=C/CCCCCCCCCCCCCCCCCCCCCCCCCCCC. The molecule has 1 amide bonds. The van der Waals surface area contributed by atoms with Gasteiger partial charge in [0.05, 0.1) is 18.8 Å². The normalized spacial score (nSPS) is 13.5. The molecule has 0 spiro atoms. The summed E-state index contributed by atoms with van der Waals surface area (Å²) >= 11 is 0. The number of nitrogens with one attached hydrogen (secondary N) is 1. The van der Waals surface area contributed by atoms with Crippen molar-refractivity contribution < 1.29 is 15.0 Å². The summed E-state index contributed by atoms with van der Waals surface area (Å²) in [7, 11) is 0. The Bertz CT molecular complexity index is 1410. The molecule has 2 unspecified atom stereocenters. The summed E-state index contributed by atoms with van der Waals surface area (Å²) in [4.78, 5) is 12.5. The van der Waals surface area contributed by atoms with E-state index in [4.69, 9.17) is 0 Å². The fourth-order valence-electron chi connectivity index (χ4n) is 9.59. The van der Waals surface area contributed by atoms with Gasteiger partial charge in [-0.15, -0.1) is 0 Å². The van der Waals surface area contributed by atoms with Gasteiger partial charge >= 0.3 is 0 Å². The van der Waals surface area contributed by atoms with Crippen molar-refractivity contribution in [3.05, 3.63) is 109 Å². The molecule has 0 rings (SSSR count). The molecule has 75 heavy (non-hydrogen) atoms. The molecule has 4 heteroatoms. The maximum Gasteiger partial charge on any atom is 0.220 e. The van der Waals surface area contributed by atoms with Crippen molar-refractivity contribution >= 4 is 5.91 Å². The van der Waals surface area contributed by atoms with Crippen LogP contribution in [0.25, 0.3) is 0 Å².